The number of carboxylic acid groups (broad SMARTS) is 1. The second kappa shape index (κ2) is 5.53. The van der Waals surface area contributed by atoms with E-state index in [1.807, 2.05) is 0 Å². The molecule has 1 unspecified atom stereocenters. The van der Waals surface area contributed by atoms with Crippen LogP contribution in [0.5, 0.6) is 0 Å². The molecule has 1 amide bonds. The monoisotopic (exact) mass is 297 g/mol. The lowest BCUT2D eigenvalue weighted by atomic mass is 10.0. The maximum absolute atomic E-state index is 12.6. The summed E-state index contributed by atoms with van der Waals surface area (Å²) in [6.07, 6.45) is -3.62. The van der Waals surface area contributed by atoms with Crippen LogP contribution >= 0.6 is 11.3 Å². The number of hydrogen-bond donors (Lipinski definition) is 3. The smallest absolute Gasteiger partial charge is 0.417 e. The van der Waals surface area contributed by atoms with Crippen LogP contribution in [-0.4, -0.2) is 40.2 Å². The zero-order valence-electron chi connectivity index (χ0n) is 9.61. The number of carbonyl (C=O) groups is 2. The van der Waals surface area contributed by atoms with Gasteiger partial charge in [0.1, 0.15) is 0 Å². The number of hydrogen-bond acceptors (Lipinski definition) is 5. The Hall–Kier alpha value is -1.68. The molecule has 0 saturated carbocycles. The molecule has 1 aromatic rings. The third-order valence-corrected chi connectivity index (χ3v) is 2.96. The Morgan fingerprint density at radius 3 is 2.53 bits per heavy atom. The summed E-state index contributed by atoms with van der Waals surface area (Å²) in [4.78, 5) is 25.7. The van der Waals surface area contributed by atoms with Gasteiger partial charge in [0.15, 0.2) is 5.13 Å². The molecule has 0 radical (unpaired) electrons. The van der Waals surface area contributed by atoms with Gasteiger partial charge in [-0.15, -0.1) is 11.3 Å². The highest BCUT2D eigenvalue weighted by atomic mass is 32.1. The Morgan fingerprint density at radius 1 is 1.47 bits per heavy atom. The predicted molar refractivity (Wildman–Crippen MR) is 60.8 cm³/mol. The van der Waals surface area contributed by atoms with Crippen molar-refractivity contribution in [2.45, 2.75) is 18.6 Å². The van der Waals surface area contributed by atoms with Crippen molar-refractivity contribution >= 4 is 28.3 Å². The lowest BCUT2D eigenvalue weighted by Gasteiger charge is -2.28. The number of thiazole rings is 1. The van der Waals surface area contributed by atoms with Crippen LogP contribution in [0.15, 0.2) is 11.6 Å². The lowest BCUT2D eigenvalue weighted by molar-refractivity contribution is -0.205. The molecule has 1 aromatic heterocycles. The molecule has 1 rings (SSSR count). The summed E-state index contributed by atoms with van der Waals surface area (Å²) in [5.74, 6) is -2.92. The molecular formula is C9H10F3N3O3S. The zero-order chi connectivity index (χ0) is 14.7. The molecule has 106 valence electrons. The first-order chi connectivity index (χ1) is 8.67. The van der Waals surface area contributed by atoms with E-state index >= 15 is 0 Å². The molecule has 10 heteroatoms. The highest BCUT2D eigenvalue weighted by Gasteiger charge is 2.57. The molecule has 3 N–H and O–H groups in total. The third kappa shape index (κ3) is 3.64. The number of carbonyl (C=O) groups excluding carboxylic acids is 1. The van der Waals surface area contributed by atoms with Gasteiger partial charge >= 0.3 is 12.1 Å². The Balaban J connectivity index is 2.63. The minimum absolute atomic E-state index is 0.218. The van der Waals surface area contributed by atoms with Gasteiger partial charge in [0, 0.05) is 11.6 Å². The number of anilines is 1. The van der Waals surface area contributed by atoms with Gasteiger partial charge in [-0.05, 0) is 6.92 Å². The SMILES string of the molecule is CC(NCC(=O)Nc1nccs1)(C(=O)O)C(F)(F)F. The van der Waals surface area contributed by atoms with Crippen LogP contribution in [0.25, 0.3) is 0 Å². The summed E-state index contributed by atoms with van der Waals surface area (Å²) in [7, 11) is 0. The number of aromatic nitrogens is 1. The first-order valence-corrected chi connectivity index (χ1v) is 5.79. The van der Waals surface area contributed by atoms with Gasteiger partial charge in [-0.25, -0.2) is 9.78 Å². The second-order valence-corrected chi connectivity index (χ2v) is 4.56. The van der Waals surface area contributed by atoms with E-state index in [4.69, 9.17) is 5.11 Å². The summed E-state index contributed by atoms with van der Waals surface area (Å²) in [6.45, 7) is -0.353. The maximum atomic E-state index is 12.6. The van der Waals surface area contributed by atoms with Crippen LogP contribution in [0, 0.1) is 0 Å². The number of halogens is 3. The van der Waals surface area contributed by atoms with E-state index in [1.54, 1.807) is 10.7 Å². The summed E-state index contributed by atoms with van der Waals surface area (Å²) in [5, 5.41) is 14.3. The standard InChI is InChI=1S/C9H10F3N3O3S/c1-8(6(17)18,9(10,11)12)14-4-5(16)15-7-13-2-3-19-7/h2-3,14H,4H2,1H3,(H,17,18)(H,13,15,16). The topological polar surface area (TPSA) is 91.3 Å². The number of rotatable bonds is 5. The lowest BCUT2D eigenvalue weighted by Crippen LogP contribution is -2.61. The number of amides is 1. The Labute approximate surface area is 109 Å². The van der Waals surface area contributed by atoms with Crippen LogP contribution in [0.4, 0.5) is 18.3 Å². The number of alkyl halides is 3. The molecule has 0 aromatic carbocycles. The first-order valence-electron chi connectivity index (χ1n) is 4.91. The van der Waals surface area contributed by atoms with Crippen molar-refractivity contribution in [2.75, 3.05) is 11.9 Å². The van der Waals surface area contributed by atoms with Crippen LogP contribution in [0.3, 0.4) is 0 Å². The van der Waals surface area contributed by atoms with Crippen molar-refractivity contribution in [1.29, 1.82) is 0 Å². The molecule has 0 aliphatic heterocycles. The molecule has 1 heterocycles. The van der Waals surface area contributed by atoms with Crippen molar-refractivity contribution in [3.05, 3.63) is 11.6 Å². The van der Waals surface area contributed by atoms with Crippen LogP contribution < -0.4 is 10.6 Å². The number of carboxylic acids is 1. The fourth-order valence-corrected chi connectivity index (χ4v) is 1.55. The van der Waals surface area contributed by atoms with Crippen LogP contribution in [0.2, 0.25) is 0 Å². The maximum Gasteiger partial charge on any atom is 0.417 e. The van der Waals surface area contributed by atoms with Gasteiger partial charge in [0.05, 0.1) is 6.54 Å². The average molecular weight is 297 g/mol. The molecule has 19 heavy (non-hydrogen) atoms. The summed E-state index contributed by atoms with van der Waals surface area (Å²) < 4.78 is 37.8. The number of nitrogens with one attached hydrogen (secondary N) is 2. The van der Waals surface area contributed by atoms with E-state index in [0.717, 1.165) is 11.3 Å². The van der Waals surface area contributed by atoms with Gasteiger partial charge in [-0.1, -0.05) is 0 Å². The molecule has 0 spiro atoms. The Kier molecular flexibility index (Phi) is 4.48. The quantitative estimate of drug-likeness (QED) is 0.756. The largest absolute Gasteiger partial charge is 0.480 e. The predicted octanol–water partition coefficient (Wildman–Crippen LogP) is 1.08. The zero-order valence-corrected chi connectivity index (χ0v) is 10.4. The third-order valence-electron chi connectivity index (χ3n) is 2.28. The van der Waals surface area contributed by atoms with Crippen molar-refractivity contribution in [2.24, 2.45) is 0 Å². The minimum Gasteiger partial charge on any atom is -0.480 e. The fourth-order valence-electron chi connectivity index (χ4n) is 1.00. The molecule has 1 atom stereocenters. The minimum atomic E-state index is -5.03. The number of aliphatic carboxylic acids is 1. The van der Waals surface area contributed by atoms with Crippen molar-refractivity contribution in [3.8, 4) is 0 Å². The van der Waals surface area contributed by atoms with Gasteiger partial charge in [-0.2, -0.15) is 13.2 Å². The Morgan fingerprint density at radius 2 is 2.11 bits per heavy atom. The summed E-state index contributed by atoms with van der Waals surface area (Å²) in [6, 6.07) is 0. The van der Waals surface area contributed by atoms with E-state index < -0.39 is 30.1 Å². The van der Waals surface area contributed by atoms with Crippen molar-refractivity contribution < 1.29 is 27.9 Å². The van der Waals surface area contributed by atoms with Crippen molar-refractivity contribution in [1.82, 2.24) is 10.3 Å². The van der Waals surface area contributed by atoms with E-state index in [9.17, 15) is 22.8 Å². The average Bonchev–Trinajstić information content (AvgIpc) is 2.76. The molecule has 6 nitrogen and oxygen atoms in total. The molecule has 0 aliphatic carbocycles. The van der Waals surface area contributed by atoms with Gasteiger partial charge < -0.3 is 10.4 Å². The van der Waals surface area contributed by atoms with Crippen LogP contribution in [-0.2, 0) is 9.59 Å². The second-order valence-electron chi connectivity index (χ2n) is 3.67. The van der Waals surface area contributed by atoms with Crippen molar-refractivity contribution in [3.63, 3.8) is 0 Å². The highest BCUT2D eigenvalue weighted by Crippen LogP contribution is 2.30. The summed E-state index contributed by atoms with van der Waals surface area (Å²) in [5.41, 5.74) is -3.19. The fraction of sp³-hybridized carbons (Fsp3) is 0.444. The summed E-state index contributed by atoms with van der Waals surface area (Å²) >= 11 is 1.09. The molecular weight excluding hydrogens is 287 g/mol. The van der Waals surface area contributed by atoms with E-state index in [1.165, 1.54) is 6.20 Å². The van der Waals surface area contributed by atoms with E-state index in [-0.39, 0.29) is 5.13 Å². The van der Waals surface area contributed by atoms with Gasteiger partial charge in [-0.3, -0.25) is 10.1 Å². The Bertz CT molecular complexity index is 463. The van der Waals surface area contributed by atoms with Crippen LogP contribution in [0.1, 0.15) is 6.92 Å². The van der Waals surface area contributed by atoms with E-state index in [0.29, 0.717) is 6.92 Å². The number of nitrogens with zero attached hydrogens (tertiary/aromatic N) is 1. The highest BCUT2D eigenvalue weighted by molar-refractivity contribution is 7.13. The first kappa shape index (κ1) is 15.4. The molecule has 0 saturated heterocycles. The van der Waals surface area contributed by atoms with Gasteiger partial charge in [0.25, 0.3) is 0 Å². The van der Waals surface area contributed by atoms with E-state index in [2.05, 4.69) is 10.3 Å². The normalized spacial score (nSPS) is 14.7. The molecule has 0 aliphatic rings. The molecule has 0 bridgehead atoms. The van der Waals surface area contributed by atoms with Gasteiger partial charge in [0.2, 0.25) is 11.4 Å². The molecule has 0 fully saturated rings.